The molecule has 8 heteroatoms. The summed E-state index contributed by atoms with van der Waals surface area (Å²) in [6, 6.07) is 1.77. The molecule has 2 aliphatic heterocycles. The molecule has 1 fully saturated rings. The molecule has 0 aliphatic carbocycles. The first-order chi connectivity index (χ1) is 13.1. The maximum Gasteiger partial charge on any atom is 0.227 e. The third-order valence-corrected chi connectivity index (χ3v) is 5.37. The molecule has 1 saturated heterocycles. The second-order valence-corrected chi connectivity index (χ2v) is 7.21. The topological polar surface area (TPSA) is 70.5 Å². The minimum absolute atomic E-state index is 0.612. The summed E-state index contributed by atoms with van der Waals surface area (Å²) in [5.74, 6) is 3.37. The Balaban J connectivity index is 1.42. The summed E-state index contributed by atoms with van der Waals surface area (Å²) < 4.78 is 5.19. The normalized spacial score (nSPS) is 17.7. The highest BCUT2D eigenvalue weighted by atomic mass is 16.5. The average molecular weight is 369 g/mol. The molecule has 0 bridgehead atoms. The second-order valence-electron chi connectivity index (χ2n) is 7.21. The van der Waals surface area contributed by atoms with Gasteiger partial charge in [0.05, 0.1) is 13.7 Å². The van der Waals surface area contributed by atoms with Crippen LogP contribution in [0.3, 0.4) is 0 Å². The van der Waals surface area contributed by atoms with Crippen molar-refractivity contribution in [2.75, 3.05) is 56.7 Å². The number of fused-ring (bicyclic) bond motifs is 1. The van der Waals surface area contributed by atoms with E-state index in [2.05, 4.69) is 38.6 Å². The Labute approximate surface area is 160 Å². The van der Waals surface area contributed by atoms with Crippen LogP contribution in [0.25, 0.3) is 0 Å². The highest BCUT2D eigenvalue weighted by Gasteiger charge is 2.24. The van der Waals surface area contributed by atoms with Gasteiger partial charge in [-0.25, -0.2) is 9.97 Å². The minimum Gasteiger partial charge on any atom is -0.481 e. The van der Waals surface area contributed by atoms with Crippen molar-refractivity contribution in [3.8, 4) is 5.88 Å². The number of aromatic nitrogens is 4. The molecule has 2 aliphatic rings. The molecule has 144 valence electrons. The summed E-state index contributed by atoms with van der Waals surface area (Å²) in [6.07, 6.45) is 4.01. The highest BCUT2D eigenvalue weighted by Crippen LogP contribution is 2.28. The number of aryl methyl sites for hydroxylation is 1. The third-order valence-electron chi connectivity index (χ3n) is 5.37. The number of ether oxygens (including phenoxy) is 1. The van der Waals surface area contributed by atoms with Crippen LogP contribution in [0, 0.1) is 6.92 Å². The summed E-state index contributed by atoms with van der Waals surface area (Å²) in [4.78, 5) is 25.4. The number of hydrogen-bond acceptors (Lipinski definition) is 8. The lowest BCUT2D eigenvalue weighted by atomic mass is 10.0. The molecule has 27 heavy (non-hydrogen) atoms. The molecule has 0 N–H and O–H groups in total. The largest absolute Gasteiger partial charge is 0.481 e. The minimum atomic E-state index is 0.612. The van der Waals surface area contributed by atoms with E-state index in [1.54, 1.807) is 19.4 Å². The van der Waals surface area contributed by atoms with Gasteiger partial charge in [0.2, 0.25) is 11.8 Å². The van der Waals surface area contributed by atoms with Gasteiger partial charge in [0.25, 0.3) is 0 Å². The molecule has 2 aromatic heterocycles. The zero-order valence-electron chi connectivity index (χ0n) is 16.4. The summed E-state index contributed by atoms with van der Waals surface area (Å²) in [5, 5.41) is 0. The highest BCUT2D eigenvalue weighted by molar-refractivity contribution is 5.54. The molecule has 0 unspecified atom stereocenters. The fourth-order valence-corrected chi connectivity index (χ4v) is 3.79. The lowest BCUT2D eigenvalue weighted by Crippen LogP contribution is -2.47. The number of piperazine rings is 1. The van der Waals surface area contributed by atoms with Crippen molar-refractivity contribution in [2.45, 2.75) is 26.3 Å². The van der Waals surface area contributed by atoms with Gasteiger partial charge in [-0.2, -0.15) is 9.97 Å². The zero-order chi connectivity index (χ0) is 18.8. The first kappa shape index (κ1) is 17.9. The summed E-state index contributed by atoms with van der Waals surface area (Å²) >= 11 is 0. The van der Waals surface area contributed by atoms with Gasteiger partial charge in [-0.15, -0.1) is 0 Å². The van der Waals surface area contributed by atoms with Crippen LogP contribution < -0.4 is 14.5 Å². The van der Waals surface area contributed by atoms with Crippen LogP contribution in [-0.4, -0.2) is 71.7 Å². The lowest BCUT2D eigenvalue weighted by molar-refractivity contribution is 0.241. The van der Waals surface area contributed by atoms with Crippen LogP contribution in [0.2, 0.25) is 0 Å². The van der Waals surface area contributed by atoms with Crippen LogP contribution in [0.15, 0.2) is 12.3 Å². The van der Waals surface area contributed by atoms with Crippen molar-refractivity contribution in [2.24, 2.45) is 0 Å². The van der Waals surface area contributed by atoms with Gasteiger partial charge in [0, 0.05) is 63.3 Å². The van der Waals surface area contributed by atoms with Crippen molar-refractivity contribution in [1.29, 1.82) is 0 Å². The Bertz CT molecular complexity index is 805. The van der Waals surface area contributed by atoms with Gasteiger partial charge in [0.15, 0.2) is 0 Å². The Kier molecular flexibility index (Phi) is 5.07. The molecule has 0 atom stereocenters. The first-order valence-electron chi connectivity index (χ1n) is 9.56. The molecule has 2 aromatic rings. The van der Waals surface area contributed by atoms with Gasteiger partial charge in [-0.1, -0.05) is 0 Å². The van der Waals surface area contributed by atoms with Gasteiger partial charge in [-0.3, -0.25) is 4.90 Å². The summed E-state index contributed by atoms with van der Waals surface area (Å²) in [6.45, 7) is 7.61. The predicted molar refractivity (Wildman–Crippen MR) is 104 cm³/mol. The standard InChI is InChI=1S/C19H27N7O/c1-14-15-5-4-8-24(2)18(15)23-19(21-14)26-11-9-25(10-12-26)13-16-20-7-6-17(22-16)27-3/h6-7H,4-5,8-13H2,1-3H3. The van der Waals surface area contributed by atoms with E-state index in [-0.39, 0.29) is 0 Å². The quantitative estimate of drug-likeness (QED) is 0.798. The monoisotopic (exact) mass is 369 g/mol. The van der Waals surface area contributed by atoms with Crippen LogP contribution in [0.4, 0.5) is 11.8 Å². The van der Waals surface area contributed by atoms with E-state index >= 15 is 0 Å². The second kappa shape index (κ2) is 7.64. The maximum absolute atomic E-state index is 5.19. The smallest absolute Gasteiger partial charge is 0.227 e. The van der Waals surface area contributed by atoms with Crippen molar-refractivity contribution in [1.82, 2.24) is 24.8 Å². The fourth-order valence-electron chi connectivity index (χ4n) is 3.79. The molecular formula is C19H27N7O. The summed E-state index contributed by atoms with van der Waals surface area (Å²) in [5.41, 5.74) is 2.43. The molecule has 0 aromatic carbocycles. The van der Waals surface area contributed by atoms with E-state index < -0.39 is 0 Å². The number of methoxy groups -OCH3 is 1. The van der Waals surface area contributed by atoms with E-state index in [1.165, 1.54) is 12.0 Å². The molecule has 8 nitrogen and oxygen atoms in total. The first-order valence-corrected chi connectivity index (χ1v) is 9.56. The fraction of sp³-hybridized carbons (Fsp3) is 0.579. The molecule has 4 heterocycles. The van der Waals surface area contributed by atoms with Gasteiger partial charge in [-0.05, 0) is 19.8 Å². The predicted octanol–water partition coefficient (Wildman–Crippen LogP) is 1.29. The molecule has 0 saturated carbocycles. The van der Waals surface area contributed by atoms with Crippen LogP contribution in [0.5, 0.6) is 5.88 Å². The van der Waals surface area contributed by atoms with Crippen molar-refractivity contribution in [3.05, 3.63) is 29.3 Å². The molecular weight excluding hydrogens is 342 g/mol. The van der Waals surface area contributed by atoms with Gasteiger partial charge in [0.1, 0.15) is 11.6 Å². The van der Waals surface area contributed by atoms with E-state index in [4.69, 9.17) is 14.7 Å². The van der Waals surface area contributed by atoms with Crippen molar-refractivity contribution in [3.63, 3.8) is 0 Å². The number of anilines is 2. The van der Waals surface area contributed by atoms with Crippen molar-refractivity contribution < 1.29 is 4.74 Å². The SMILES string of the molecule is COc1ccnc(CN2CCN(c3nc(C)c4c(n3)N(C)CCC4)CC2)n1. The van der Waals surface area contributed by atoms with Crippen LogP contribution in [0.1, 0.15) is 23.5 Å². The Morgan fingerprint density at radius 3 is 2.67 bits per heavy atom. The maximum atomic E-state index is 5.19. The summed E-state index contributed by atoms with van der Waals surface area (Å²) in [7, 11) is 3.75. The van der Waals surface area contributed by atoms with Gasteiger partial charge >= 0.3 is 0 Å². The number of nitrogens with zero attached hydrogens (tertiary/aromatic N) is 7. The van der Waals surface area contributed by atoms with Gasteiger partial charge < -0.3 is 14.5 Å². The zero-order valence-corrected chi connectivity index (χ0v) is 16.4. The lowest BCUT2D eigenvalue weighted by Gasteiger charge is -2.35. The van der Waals surface area contributed by atoms with Crippen LogP contribution >= 0.6 is 0 Å². The van der Waals surface area contributed by atoms with E-state index in [1.807, 2.05) is 0 Å². The number of hydrogen-bond donors (Lipinski definition) is 0. The Morgan fingerprint density at radius 2 is 1.89 bits per heavy atom. The Hall–Kier alpha value is -2.48. The number of rotatable bonds is 4. The van der Waals surface area contributed by atoms with E-state index in [0.717, 1.165) is 69.0 Å². The van der Waals surface area contributed by atoms with Crippen LogP contribution in [-0.2, 0) is 13.0 Å². The molecule has 0 radical (unpaired) electrons. The Morgan fingerprint density at radius 1 is 1.07 bits per heavy atom. The van der Waals surface area contributed by atoms with E-state index in [0.29, 0.717) is 5.88 Å². The molecule has 0 amide bonds. The van der Waals surface area contributed by atoms with Crippen molar-refractivity contribution >= 4 is 11.8 Å². The molecule has 0 spiro atoms. The average Bonchev–Trinajstić information content (AvgIpc) is 2.69. The molecule has 4 rings (SSSR count). The van der Waals surface area contributed by atoms with E-state index in [9.17, 15) is 0 Å². The third kappa shape index (κ3) is 3.80.